The summed E-state index contributed by atoms with van der Waals surface area (Å²) < 4.78 is 17.6. The van der Waals surface area contributed by atoms with Gasteiger partial charge in [-0.2, -0.15) is 0 Å². The monoisotopic (exact) mass is 328 g/mol. The van der Waals surface area contributed by atoms with Crippen molar-refractivity contribution in [1.82, 2.24) is 9.88 Å². The van der Waals surface area contributed by atoms with Crippen LogP contribution in [0.15, 0.2) is 47.3 Å². The van der Waals surface area contributed by atoms with Crippen molar-refractivity contribution in [3.05, 3.63) is 54.2 Å². The number of rotatable bonds is 6. The molecule has 2 aliphatic rings. The second-order valence-electron chi connectivity index (χ2n) is 6.66. The quantitative estimate of drug-likeness (QED) is 0.816. The topological polar surface area (TPSA) is 47.7 Å². The van der Waals surface area contributed by atoms with Crippen LogP contribution >= 0.6 is 0 Å². The van der Waals surface area contributed by atoms with E-state index in [9.17, 15) is 0 Å². The zero-order valence-electron chi connectivity index (χ0n) is 13.8. The maximum Gasteiger partial charge on any atom is 0.117 e. The molecule has 0 aliphatic carbocycles. The van der Waals surface area contributed by atoms with Gasteiger partial charge in [-0.15, -0.1) is 0 Å². The number of ether oxygens (including phenoxy) is 2. The number of furan rings is 1. The first-order valence-corrected chi connectivity index (χ1v) is 8.77. The second-order valence-corrected chi connectivity index (χ2v) is 6.66. The number of hydrogen-bond acceptors (Lipinski definition) is 5. The molecule has 0 spiro atoms. The molecule has 2 fully saturated rings. The van der Waals surface area contributed by atoms with Crippen LogP contribution < -0.4 is 0 Å². The molecule has 128 valence electrons. The van der Waals surface area contributed by atoms with Crippen molar-refractivity contribution < 1.29 is 13.9 Å². The number of pyridine rings is 1. The Morgan fingerprint density at radius 3 is 3.04 bits per heavy atom. The largest absolute Gasteiger partial charge is 0.468 e. The highest BCUT2D eigenvalue weighted by molar-refractivity contribution is 5.06. The second kappa shape index (κ2) is 7.47. The summed E-state index contributed by atoms with van der Waals surface area (Å²) in [5, 5.41) is 0. The minimum Gasteiger partial charge on any atom is -0.468 e. The van der Waals surface area contributed by atoms with Gasteiger partial charge in [-0.05, 0) is 43.0 Å². The van der Waals surface area contributed by atoms with E-state index in [1.54, 1.807) is 12.5 Å². The molecule has 2 aromatic heterocycles. The fraction of sp³-hybridized carbons (Fsp3) is 0.526. The Morgan fingerprint density at radius 2 is 2.21 bits per heavy atom. The Hall–Kier alpha value is -1.69. The molecule has 5 heteroatoms. The number of fused-ring (bicyclic) bond motifs is 1. The summed E-state index contributed by atoms with van der Waals surface area (Å²) in [5.41, 5.74) is 1.11. The van der Waals surface area contributed by atoms with Crippen molar-refractivity contribution in [2.45, 2.75) is 50.7 Å². The van der Waals surface area contributed by atoms with Gasteiger partial charge in [0.2, 0.25) is 0 Å². The van der Waals surface area contributed by atoms with Gasteiger partial charge in [0.15, 0.2) is 0 Å². The molecule has 4 rings (SSSR count). The first kappa shape index (κ1) is 15.8. The molecule has 0 aromatic carbocycles. The minimum atomic E-state index is 0.214. The van der Waals surface area contributed by atoms with Crippen molar-refractivity contribution in [2.24, 2.45) is 0 Å². The van der Waals surface area contributed by atoms with E-state index in [4.69, 9.17) is 13.9 Å². The van der Waals surface area contributed by atoms with Crippen molar-refractivity contribution in [3.8, 4) is 0 Å². The average Bonchev–Trinajstić information content (AvgIpc) is 3.26. The fourth-order valence-electron chi connectivity index (χ4n) is 3.80. The van der Waals surface area contributed by atoms with Gasteiger partial charge in [0.1, 0.15) is 5.76 Å². The first-order valence-electron chi connectivity index (χ1n) is 8.77. The Kier molecular flexibility index (Phi) is 4.92. The lowest BCUT2D eigenvalue weighted by molar-refractivity contribution is -0.102. The molecule has 0 N–H and O–H groups in total. The van der Waals surface area contributed by atoms with Crippen LogP contribution in [-0.4, -0.2) is 41.3 Å². The van der Waals surface area contributed by atoms with E-state index >= 15 is 0 Å². The third-order valence-electron chi connectivity index (χ3n) is 4.98. The van der Waals surface area contributed by atoms with Gasteiger partial charge in [-0.25, -0.2) is 0 Å². The third kappa shape index (κ3) is 3.69. The molecule has 2 aliphatic heterocycles. The van der Waals surface area contributed by atoms with Crippen molar-refractivity contribution >= 4 is 0 Å². The van der Waals surface area contributed by atoms with E-state index in [0.29, 0.717) is 25.4 Å². The van der Waals surface area contributed by atoms with Gasteiger partial charge in [-0.1, -0.05) is 6.07 Å². The number of aromatic nitrogens is 1. The number of likely N-dealkylation sites (tertiary alicyclic amines) is 1. The molecule has 2 saturated heterocycles. The summed E-state index contributed by atoms with van der Waals surface area (Å²) in [6.45, 7) is 3.24. The van der Waals surface area contributed by atoms with Crippen molar-refractivity contribution in [1.29, 1.82) is 0 Å². The van der Waals surface area contributed by atoms with Crippen molar-refractivity contribution in [2.75, 3.05) is 13.2 Å². The molecule has 4 heterocycles. The van der Waals surface area contributed by atoms with Crippen LogP contribution in [0.1, 0.15) is 30.6 Å². The van der Waals surface area contributed by atoms with Crippen LogP contribution in [0.5, 0.6) is 0 Å². The molecule has 0 bridgehead atoms. The normalized spacial score (nSPS) is 27.2. The van der Waals surface area contributed by atoms with Gasteiger partial charge in [0, 0.05) is 25.0 Å². The van der Waals surface area contributed by atoms with Crippen LogP contribution in [0.2, 0.25) is 0 Å². The number of nitrogens with zero attached hydrogens (tertiary/aromatic N) is 2. The van der Waals surface area contributed by atoms with E-state index in [2.05, 4.69) is 9.88 Å². The lowest BCUT2D eigenvalue weighted by Gasteiger charge is -2.35. The van der Waals surface area contributed by atoms with Crippen LogP contribution in [0.25, 0.3) is 0 Å². The molecule has 0 amide bonds. The van der Waals surface area contributed by atoms with Gasteiger partial charge in [-0.3, -0.25) is 9.88 Å². The van der Waals surface area contributed by atoms with Crippen molar-refractivity contribution in [3.63, 3.8) is 0 Å². The zero-order valence-corrected chi connectivity index (χ0v) is 13.8. The van der Waals surface area contributed by atoms with Crippen LogP contribution in [0.3, 0.4) is 0 Å². The van der Waals surface area contributed by atoms with Gasteiger partial charge in [0.25, 0.3) is 0 Å². The predicted octanol–water partition coefficient (Wildman–Crippen LogP) is 3.01. The highest BCUT2D eigenvalue weighted by Gasteiger charge is 2.39. The Morgan fingerprint density at radius 1 is 1.21 bits per heavy atom. The van der Waals surface area contributed by atoms with E-state index in [1.165, 1.54) is 6.42 Å². The van der Waals surface area contributed by atoms with Crippen LogP contribution in [0, 0.1) is 0 Å². The first-order chi connectivity index (χ1) is 11.9. The fourth-order valence-corrected chi connectivity index (χ4v) is 3.80. The summed E-state index contributed by atoms with van der Waals surface area (Å²) >= 11 is 0. The lowest BCUT2D eigenvalue weighted by Crippen LogP contribution is -2.43. The molecular formula is C19H24N2O3. The average molecular weight is 328 g/mol. The highest BCUT2D eigenvalue weighted by Crippen LogP contribution is 2.32. The Bertz CT molecular complexity index is 617. The minimum absolute atomic E-state index is 0.214. The van der Waals surface area contributed by atoms with E-state index < -0.39 is 0 Å². The molecule has 0 unspecified atom stereocenters. The molecule has 2 aromatic rings. The van der Waals surface area contributed by atoms with Gasteiger partial charge in [0.05, 0.1) is 38.2 Å². The SMILES string of the molecule is c1cncc(COC[C@@H]2CC[C@H]3[C@H](CCN3Cc3ccco3)O2)c1. The summed E-state index contributed by atoms with van der Waals surface area (Å²) in [6.07, 6.45) is 9.26. The number of hydrogen-bond donors (Lipinski definition) is 0. The lowest BCUT2D eigenvalue weighted by atomic mass is 9.99. The predicted molar refractivity (Wildman–Crippen MR) is 89.3 cm³/mol. The molecule has 24 heavy (non-hydrogen) atoms. The molecular weight excluding hydrogens is 304 g/mol. The van der Waals surface area contributed by atoms with E-state index in [1.807, 2.05) is 30.5 Å². The summed E-state index contributed by atoms with van der Waals surface area (Å²) in [6, 6.07) is 8.49. The Labute approximate surface area is 142 Å². The molecule has 0 radical (unpaired) electrons. The third-order valence-corrected chi connectivity index (χ3v) is 4.98. The standard InChI is InChI=1S/C19H24N2O3/c1-3-15(11-20-8-1)13-22-14-17-5-6-18-19(24-17)7-9-21(18)12-16-4-2-10-23-16/h1-4,8,10-11,17-19H,5-7,9,12-14H2/t17-,18-,19-/m0/s1. The van der Waals surface area contributed by atoms with Gasteiger partial charge < -0.3 is 13.9 Å². The summed E-state index contributed by atoms with van der Waals surface area (Å²) in [4.78, 5) is 6.60. The smallest absolute Gasteiger partial charge is 0.117 e. The van der Waals surface area contributed by atoms with E-state index in [0.717, 1.165) is 37.3 Å². The zero-order chi connectivity index (χ0) is 16.2. The van der Waals surface area contributed by atoms with E-state index in [-0.39, 0.29) is 6.10 Å². The summed E-state index contributed by atoms with van der Waals surface area (Å²) in [7, 11) is 0. The van der Waals surface area contributed by atoms with Crippen LogP contribution in [0.4, 0.5) is 0 Å². The maximum absolute atomic E-state index is 6.28. The van der Waals surface area contributed by atoms with Crippen LogP contribution in [-0.2, 0) is 22.6 Å². The summed E-state index contributed by atoms with van der Waals surface area (Å²) in [5.74, 6) is 1.04. The maximum atomic E-state index is 6.28. The Balaban J connectivity index is 1.23. The molecule has 0 saturated carbocycles. The highest BCUT2D eigenvalue weighted by atomic mass is 16.5. The molecule has 5 nitrogen and oxygen atoms in total. The molecule has 3 atom stereocenters. The van der Waals surface area contributed by atoms with Gasteiger partial charge >= 0.3 is 0 Å².